The number of nitrogen functional groups attached to an aromatic ring is 1. The van der Waals surface area contributed by atoms with Gasteiger partial charge in [0.05, 0.1) is 72.3 Å². The van der Waals surface area contributed by atoms with E-state index >= 15 is 0 Å². The summed E-state index contributed by atoms with van der Waals surface area (Å²) in [5, 5.41) is 8.15. The van der Waals surface area contributed by atoms with Crippen molar-refractivity contribution in [2.24, 2.45) is 0 Å². The summed E-state index contributed by atoms with van der Waals surface area (Å²) in [6.07, 6.45) is 3.98. The quantitative estimate of drug-likeness (QED) is 0.168. The third kappa shape index (κ3) is 10.6. The van der Waals surface area contributed by atoms with Gasteiger partial charge in [-0.15, -0.1) is 10.2 Å². The molecular formula is C28H41ClN6O8. The van der Waals surface area contributed by atoms with E-state index in [0.717, 1.165) is 37.3 Å². The number of anilines is 3. The Bertz CT molecular complexity index is 1120. The van der Waals surface area contributed by atoms with Gasteiger partial charge in [0.1, 0.15) is 13.2 Å². The molecule has 0 amide bonds. The topological polar surface area (TPSA) is 153 Å². The molecule has 2 aliphatic heterocycles. The lowest BCUT2D eigenvalue weighted by Gasteiger charge is -2.43. The Morgan fingerprint density at radius 2 is 1.47 bits per heavy atom. The van der Waals surface area contributed by atoms with Gasteiger partial charge in [0.25, 0.3) is 0 Å². The number of carbonyl (C=O) groups excluding carboxylic acids is 1. The molecule has 2 atom stereocenters. The molecule has 2 fully saturated rings. The molecule has 2 aliphatic rings. The zero-order valence-electron chi connectivity index (χ0n) is 24.5. The molecule has 2 bridgehead atoms. The number of ether oxygens (including phenoxy) is 7. The first-order valence-corrected chi connectivity index (χ1v) is 14.8. The molecule has 0 aliphatic carbocycles. The first kappa shape index (κ1) is 32.9. The lowest BCUT2D eigenvalue weighted by molar-refractivity contribution is -0.146. The monoisotopic (exact) mass is 624 g/mol. The zero-order chi connectivity index (χ0) is 30.3. The summed E-state index contributed by atoms with van der Waals surface area (Å²) < 4.78 is 37.3. The number of pyridine rings is 1. The van der Waals surface area contributed by atoms with Crippen molar-refractivity contribution < 1.29 is 38.0 Å². The van der Waals surface area contributed by atoms with Gasteiger partial charge in [-0.3, -0.25) is 0 Å². The van der Waals surface area contributed by atoms with Crippen LogP contribution in [0.1, 0.15) is 12.8 Å². The van der Waals surface area contributed by atoms with Crippen LogP contribution in [0.5, 0.6) is 5.88 Å². The van der Waals surface area contributed by atoms with E-state index in [-0.39, 0.29) is 6.61 Å². The lowest BCUT2D eigenvalue weighted by Crippen LogP contribution is -2.54. The van der Waals surface area contributed by atoms with Gasteiger partial charge in [-0.05, 0) is 18.9 Å². The van der Waals surface area contributed by atoms with Crippen LogP contribution in [-0.4, -0.2) is 126 Å². The Morgan fingerprint density at radius 1 is 0.884 bits per heavy atom. The highest BCUT2D eigenvalue weighted by Gasteiger charge is 2.40. The van der Waals surface area contributed by atoms with Gasteiger partial charge in [-0.1, -0.05) is 11.6 Å². The third-order valence-electron chi connectivity index (χ3n) is 7.02. The third-order valence-corrected chi connectivity index (χ3v) is 7.21. The van der Waals surface area contributed by atoms with Crippen LogP contribution in [0.25, 0.3) is 0 Å². The Labute approximate surface area is 256 Å². The average molecular weight is 625 g/mol. The van der Waals surface area contributed by atoms with Crippen molar-refractivity contribution in [1.82, 2.24) is 15.2 Å². The fourth-order valence-corrected chi connectivity index (χ4v) is 5.22. The first-order valence-electron chi connectivity index (χ1n) is 14.4. The number of halogens is 1. The number of fused-ring (bicyclic) bond motifs is 2. The van der Waals surface area contributed by atoms with E-state index in [1.807, 2.05) is 12.1 Å². The molecule has 2 aromatic rings. The fraction of sp³-hybridized carbons (Fsp3) is 0.643. The minimum atomic E-state index is -0.409. The number of aromatic nitrogens is 3. The largest absolute Gasteiger partial charge is 0.475 e. The molecule has 2 aromatic heterocycles. The molecule has 4 rings (SSSR count). The molecule has 2 saturated heterocycles. The van der Waals surface area contributed by atoms with Crippen molar-refractivity contribution in [2.45, 2.75) is 24.9 Å². The summed E-state index contributed by atoms with van der Waals surface area (Å²) in [6, 6.07) is 6.49. The van der Waals surface area contributed by atoms with E-state index in [1.165, 1.54) is 7.11 Å². The number of nitrogens with two attached hydrogens (primary N) is 1. The highest BCUT2D eigenvalue weighted by molar-refractivity contribution is 6.29. The predicted octanol–water partition coefficient (Wildman–Crippen LogP) is 1.60. The van der Waals surface area contributed by atoms with Crippen LogP contribution in [0.15, 0.2) is 24.4 Å². The van der Waals surface area contributed by atoms with E-state index in [0.29, 0.717) is 95.0 Å². The van der Waals surface area contributed by atoms with E-state index < -0.39 is 5.97 Å². The molecule has 0 aromatic carbocycles. The van der Waals surface area contributed by atoms with Crippen LogP contribution in [0, 0.1) is 0 Å². The Hall–Kier alpha value is -3.01. The summed E-state index contributed by atoms with van der Waals surface area (Å²) in [6.45, 7) is 5.87. The van der Waals surface area contributed by atoms with Crippen molar-refractivity contribution in [1.29, 1.82) is 0 Å². The van der Waals surface area contributed by atoms with E-state index in [9.17, 15) is 4.79 Å². The van der Waals surface area contributed by atoms with Crippen molar-refractivity contribution in [3.8, 4) is 5.88 Å². The van der Waals surface area contributed by atoms with Gasteiger partial charge in [0, 0.05) is 49.2 Å². The van der Waals surface area contributed by atoms with Gasteiger partial charge >= 0.3 is 5.97 Å². The van der Waals surface area contributed by atoms with Gasteiger partial charge < -0.3 is 48.7 Å². The van der Waals surface area contributed by atoms with E-state index in [2.05, 4.69) is 29.7 Å². The summed E-state index contributed by atoms with van der Waals surface area (Å²) >= 11 is 6.08. The first-order chi connectivity index (χ1) is 21.0. The maximum atomic E-state index is 10.9. The minimum Gasteiger partial charge on any atom is -0.475 e. The highest BCUT2D eigenvalue weighted by Crippen LogP contribution is 2.38. The molecule has 14 nitrogen and oxygen atoms in total. The van der Waals surface area contributed by atoms with Crippen LogP contribution >= 0.6 is 11.6 Å². The number of methoxy groups -OCH3 is 1. The normalized spacial score (nSPS) is 17.8. The van der Waals surface area contributed by atoms with Crippen molar-refractivity contribution in [2.75, 3.05) is 108 Å². The van der Waals surface area contributed by atoms with Gasteiger partial charge in [0.15, 0.2) is 11.0 Å². The second-order valence-corrected chi connectivity index (χ2v) is 10.3. The summed E-state index contributed by atoms with van der Waals surface area (Å²) in [4.78, 5) is 20.0. The van der Waals surface area contributed by atoms with Crippen molar-refractivity contribution in [3.63, 3.8) is 0 Å². The second-order valence-electron chi connectivity index (χ2n) is 9.91. The molecule has 2 N–H and O–H groups in total. The molecule has 2 unspecified atom stereocenters. The van der Waals surface area contributed by atoms with E-state index in [1.54, 1.807) is 12.3 Å². The van der Waals surface area contributed by atoms with Gasteiger partial charge in [0.2, 0.25) is 5.88 Å². The van der Waals surface area contributed by atoms with Crippen LogP contribution in [0.3, 0.4) is 0 Å². The summed E-state index contributed by atoms with van der Waals surface area (Å²) in [7, 11) is 1.32. The molecule has 15 heteroatoms. The Balaban J connectivity index is 1.03. The highest BCUT2D eigenvalue weighted by atomic mass is 35.5. The molecule has 0 saturated carbocycles. The predicted molar refractivity (Wildman–Crippen MR) is 159 cm³/mol. The zero-order valence-corrected chi connectivity index (χ0v) is 25.3. The SMILES string of the molecule is COC(=O)COCCOCCOCCOCCOCCOc1cc(N2C3CCC2CN(c2cc(Cl)nnc2N)C3)ccn1. The maximum absolute atomic E-state index is 10.9. The number of esters is 1. The average Bonchev–Trinajstić information content (AvgIpc) is 3.28. The molecule has 0 spiro atoms. The number of piperazine rings is 1. The summed E-state index contributed by atoms with van der Waals surface area (Å²) in [5.41, 5.74) is 8.03. The fourth-order valence-electron chi connectivity index (χ4n) is 5.08. The molecular weight excluding hydrogens is 584 g/mol. The molecule has 4 heterocycles. The number of hydrogen-bond acceptors (Lipinski definition) is 14. The Kier molecular flexibility index (Phi) is 13.7. The number of rotatable bonds is 20. The van der Waals surface area contributed by atoms with Crippen LogP contribution in [-0.2, 0) is 33.2 Å². The summed E-state index contributed by atoms with van der Waals surface area (Å²) in [5.74, 6) is 0.562. The number of nitrogens with zero attached hydrogens (tertiary/aromatic N) is 5. The molecule has 238 valence electrons. The molecule has 43 heavy (non-hydrogen) atoms. The van der Waals surface area contributed by atoms with Crippen molar-refractivity contribution >= 4 is 34.8 Å². The smallest absolute Gasteiger partial charge is 0.331 e. The van der Waals surface area contributed by atoms with Gasteiger partial charge in [-0.25, -0.2) is 9.78 Å². The maximum Gasteiger partial charge on any atom is 0.331 e. The Morgan fingerprint density at radius 3 is 2.07 bits per heavy atom. The minimum absolute atomic E-state index is 0.0735. The standard InChI is InChI=1S/C28H41ClN6O8/c1-37-27(36)20-42-13-12-40-9-8-38-6-7-39-10-11-41-14-15-43-26-16-21(4-5-31-26)35-22-2-3-23(35)19-34(18-22)24-17-25(29)32-33-28(24)30/h4-5,16-17,22-23H,2-3,6-15,18-20H2,1H3,(H2,30,33). The second kappa shape index (κ2) is 18.0. The lowest BCUT2D eigenvalue weighted by atomic mass is 10.1. The number of hydrogen-bond donors (Lipinski definition) is 1. The molecule has 0 radical (unpaired) electrons. The van der Waals surface area contributed by atoms with E-state index in [4.69, 9.17) is 45.8 Å². The van der Waals surface area contributed by atoms with Crippen molar-refractivity contribution in [3.05, 3.63) is 29.5 Å². The number of carbonyl (C=O) groups is 1. The van der Waals surface area contributed by atoms with Gasteiger partial charge in [-0.2, -0.15) is 0 Å². The van der Waals surface area contributed by atoms with Crippen LogP contribution < -0.4 is 20.3 Å². The van der Waals surface area contributed by atoms with Crippen LogP contribution in [0.4, 0.5) is 17.2 Å². The van der Waals surface area contributed by atoms with Crippen LogP contribution in [0.2, 0.25) is 5.15 Å².